The quantitative estimate of drug-likeness (QED) is 0.727. The summed E-state index contributed by atoms with van der Waals surface area (Å²) >= 11 is 0. The molecule has 1 fully saturated rings. The summed E-state index contributed by atoms with van der Waals surface area (Å²) in [7, 11) is 0. The summed E-state index contributed by atoms with van der Waals surface area (Å²) in [6.07, 6.45) is 0.620. The molecule has 2 N–H and O–H groups in total. The summed E-state index contributed by atoms with van der Waals surface area (Å²) in [5, 5.41) is 5.83. The van der Waals surface area contributed by atoms with Gasteiger partial charge in [-0.05, 0) is 54.9 Å². The summed E-state index contributed by atoms with van der Waals surface area (Å²) in [5.41, 5.74) is 2.78. The van der Waals surface area contributed by atoms with Crippen LogP contribution in [-0.2, 0) is 6.42 Å². The molecule has 0 aliphatic carbocycles. The first-order valence-corrected chi connectivity index (χ1v) is 11.2. The van der Waals surface area contributed by atoms with E-state index in [1.807, 2.05) is 12.1 Å². The van der Waals surface area contributed by atoms with E-state index in [4.69, 9.17) is 0 Å². The largest absolute Gasteiger partial charge is 0.351 e. The Morgan fingerprint density at radius 2 is 1.69 bits per heavy atom. The van der Waals surface area contributed by atoms with Gasteiger partial charge in [0.15, 0.2) is 0 Å². The maximum absolute atomic E-state index is 13.1. The molecule has 170 valence electrons. The van der Waals surface area contributed by atoms with Gasteiger partial charge in [0.1, 0.15) is 5.82 Å². The number of hydrogen-bond donors (Lipinski definition) is 2. The molecule has 2 aliphatic rings. The number of amides is 3. The molecule has 4 rings (SSSR count). The lowest BCUT2D eigenvalue weighted by molar-refractivity contribution is 0.0937. The van der Waals surface area contributed by atoms with Crippen LogP contribution in [0, 0.1) is 5.82 Å². The number of nitrogens with zero attached hydrogens (tertiary/aromatic N) is 3. The standard InChI is InChI=1S/C24H30FN5O2/c1-2-28-14-16-29(17-15-28)13-11-26-23(31)21-4-3-5-22-20(21)10-12-30(22)24(32)27-19-8-6-18(25)7-9-19/h3-9H,2,10-17H2,1H3,(H,26,31)(H,27,32). The van der Waals surface area contributed by atoms with Crippen LogP contribution in [0.5, 0.6) is 0 Å². The summed E-state index contributed by atoms with van der Waals surface area (Å²) in [5.74, 6) is -0.455. The summed E-state index contributed by atoms with van der Waals surface area (Å²) in [6, 6.07) is 10.8. The third-order valence-corrected chi connectivity index (χ3v) is 6.24. The number of carbonyl (C=O) groups is 2. The van der Waals surface area contributed by atoms with Gasteiger partial charge in [0, 0.05) is 62.8 Å². The van der Waals surface area contributed by atoms with Crippen LogP contribution in [0.25, 0.3) is 0 Å². The van der Waals surface area contributed by atoms with Crippen molar-refractivity contribution in [2.45, 2.75) is 13.3 Å². The van der Waals surface area contributed by atoms with Crippen molar-refractivity contribution in [3.05, 3.63) is 59.4 Å². The Morgan fingerprint density at radius 1 is 0.969 bits per heavy atom. The molecule has 0 atom stereocenters. The van der Waals surface area contributed by atoms with Gasteiger partial charge in [-0.3, -0.25) is 14.6 Å². The number of nitrogens with one attached hydrogen (secondary N) is 2. The van der Waals surface area contributed by atoms with E-state index in [1.165, 1.54) is 24.3 Å². The van der Waals surface area contributed by atoms with Gasteiger partial charge in [-0.2, -0.15) is 0 Å². The van der Waals surface area contributed by atoms with Crippen LogP contribution in [0.15, 0.2) is 42.5 Å². The molecule has 3 amide bonds. The average Bonchev–Trinajstić information content (AvgIpc) is 3.25. The van der Waals surface area contributed by atoms with E-state index < -0.39 is 0 Å². The number of piperazine rings is 1. The first-order chi connectivity index (χ1) is 15.5. The van der Waals surface area contributed by atoms with Gasteiger partial charge in [-0.25, -0.2) is 9.18 Å². The first-order valence-electron chi connectivity index (χ1n) is 11.2. The first kappa shape index (κ1) is 22.2. The number of carbonyl (C=O) groups excluding carboxylic acids is 2. The number of urea groups is 1. The van der Waals surface area contributed by atoms with Crippen molar-refractivity contribution in [2.75, 3.05) is 62.6 Å². The van der Waals surface area contributed by atoms with Crippen LogP contribution in [0.3, 0.4) is 0 Å². The molecule has 8 heteroatoms. The molecule has 1 saturated heterocycles. The second-order valence-corrected chi connectivity index (χ2v) is 8.17. The molecule has 2 aromatic rings. The van der Waals surface area contributed by atoms with Crippen LogP contribution in [-0.4, -0.2) is 74.1 Å². The van der Waals surface area contributed by atoms with E-state index in [0.29, 0.717) is 30.8 Å². The Morgan fingerprint density at radius 3 is 2.41 bits per heavy atom. The van der Waals surface area contributed by atoms with Gasteiger partial charge < -0.3 is 15.5 Å². The van der Waals surface area contributed by atoms with Crippen molar-refractivity contribution in [2.24, 2.45) is 0 Å². The van der Waals surface area contributed by atoms with E-state index in [-0.39, 0.29) is 17.8 Å². The monoisotopic (exact) mass is 439 g/mol. The predicted molar refractivity (Wildman–Crippen MR) is 124 cm³/mol. The Hall–Kier alpha value is -2.97. The molecular weight excluding hydrogens is 409 g/mol. The lowest BCUT2D eigenvalue weighted by Crippen LogP contribution is -2.48. The molecule has 0 aromatic heterocycles. The minimum atomic E-state index is -0.353. The Labute approximate surface area is 188 Å². The van der Waals surface area contributed by atoms with Crippen LogP contribution < -0.4 is 15.5 Å². The topological polar surface area (TPSA) is 67.9 Å². The number of hydrogen-bond acceptors (Lipinski definition) is 4. The number of halogens is 1. The highest BCUT2D eigenvalue weighted by molar-refractivity contribution is 6.05. The number of fused-ring (bicyclic) bond motifs is 1. The third-order valence-electron chi connectivity index (χ3n) is 6.24. The fraction of sp³-hybridized carbons (Fsp3) is 0.417. The summed E-state index contributed by atoms with van der Waals surface area (Å²) in [4.78, 5) is 32.0. The molecule has 0 saturated carbocycles. The van der Waals surface area contributed by atoms with Crippen molar-refractivity contribution < 1.29 is 14.0 Å². The Kier molecular flexibility index (Phi) is 7.02. The predicted octanol–water partition coefficient (Wildman–Crippen LogP) is 2.79. The highest BCUT2D eigenvalue weighted by atomic mass is 19.1. The molecule has 2 aliphatic heterocycles. The number of anilines is 2. The molecule has 0 unspecified atom stereocenters. The lowest BCUT2D eigenvalue weighted by atomic mass is 10.0. The molecule has 0 spiro atoms. The van der Waals surface area contributed by atoms with Crippen LogP contribution >= 0.6 is 0 Å². The van der Waals surface area contributed by atoms with Gasteiger partial charge in [-0.1, -0.05) is 13.0 Å². The van der Waals surface area contributed by atoms with Crippen LogP contribution in [0.2, 0.25) is 0 Å². The maximum Gasteiger partial charge on any atom is 0.326 e. The van der Waals surface area contributed by atoms with E-state index in [9.17, 15) is 14.0 Å². The normalized spacial score (nSPS) is 16.6. The second kappa shape index (κ2) is 10.1. The van der Waals surface area contributed by atoms with Gasteiger partial charge in [-0.15, -0.1) is 0 Å². The van der Waals surface area contributed by atoms with Crippen molar-refractivity contribution in [1.29, 1.82) is 0 Å². The van der Waals surface area contributed by atoms with Crippen molar-refractivity contribution in [3.63, 3.8) is 0 Å². The number of benzene rings is 2. The summed E-state index contributed by atoms with van der Waals surface area (Å²) in [6.45, 7) is 9.41. The molecular formula is C24H30FN5O2. The van der Waals surface area contributed by atoms with Gasteiger partial charge >= 0.3 is 6.03 Å². The van der Waals surface area contributed by atoms with Gasteiger partial charge in [0.05, 0.1) is 0 Å². The molecule has 0 radical (unpaired) electrons. The molecule has 2 heterocycles. The summed E-state index contributed by atoms with van der Waals surface area (Å²) < 4.78 is 13.1. The van der Waals surface area contributed by atoms with Crippen molar-refractivity contribution >= 4 is 23.3 Å². The third kappa shape index (κ3) is 5.08. The fourth-order valence-corrected chi connectivity index (χ4v) is 4.33. The van der Waals surface area contributed by atoms with E-state index >= 15 is 0 Å². The van der Waals surface area contributed by atoms with Crippen molar-refractivity contribution in [1.82, 2.24) is 15.1 Å². The zero-order chi connectivity index (χ0) is 22.5. The zero-order valence-corrected chi connectivity index (χ0v) is 18.4. The van der Waals surface area contributed by atoms with Crippen molar-refractivity contribution in [3.8, 4) is 0 Å². The smallest absolute Gasteiger partial charge is 0.326 e. The van der Waals surface area contributed by atoms with Crippen LogP contribution in [0.4, 0.5) is 20.6 Å². The van der Waals surface area contributed by atoms with E-state index in [1.54, 1.807) is 11.0 Å². The van der Waals surface area contributed by atoms with Crippen LogP contribution in [0.1, 0.15) is 22.8 Å². The second-order valence-electron chi connectivity index (χ2n) is 8.17. The van der Waals surface area contributed by atoms with Gasteiger partial charge in [0.25, 0.3) is 5.91 Å². The minimum Gasteiger partial charge on any atom is -0.351 e. The molecule has 0 bridgehead atoms. The maximum atomic E-state index is 13.1. The van der Waals surface area contributed by atoms with E-state index in [0.717, 1.165) is 50.5 Å². The Bertz CT molecular complexity index is 957. The molecule has 32 heavy (non-hydrogen) atoms. The Balaban J connectivity index is 1.34. The minimum absolute atomic E-state index is 0.102. The lowest BCUT2D eigenvalue weighted by Gasteiger charge is -2.33. The highest BCUT2D eigenvalue weighted by Crippen LogP contribution is 2.31. The average molecular weight is 440 g/mol. The molecule has 2 aromatic carbocycles. The SMILES string of the molecule is CCN1CCN(CCNC(=O)c2cccc3c2CCN3C(=O)Nc2ccc(F)cc2)CC1. The van der Waals surface area contributed by atoms with E-state index in [2.05, 4.69) is 27.4 Å². The zero-order valence-electron chi connectivity index (χ0n) is 18.4. The highest BCUT2D eigenvalue weighted by Gasteiger charge is 2.28. The van der Waals surface area contributed by atoms with Gasteiger partial charge in [0.2, 0.25) is 0 Å². The fourth-order valence-electron chi connectivity index (χ4n) is 4.33. The molecule has 7 nitrogen and oxygen atoms in total. The number of rotatable bonds is 6. The number of likely N-dealkylation sites (N-methyl/N-ethyl adjacent to an activating group) is 1.